The molecule has 24 heavy (non-hydrogen) atoms. The summed E-state index contributed by atoms with van der Waals surface area (Å²) in [5.74, 6) is 0.559. The average molecular weight is 324 g/mol. The van der Waals surface area contributed by atoms with E-state index in [2.05, 4.69) is 5.32 Å². The molecule has 2 aromatic carbocycles. The lowest BCUT2D eigenvalue weighted by Gasteiger charge is -2.29. The number of rotatable bonds is 5. The Kier molecular flexibility index (Phi) is 4.79. The summed E-state index contributed by atoms with van der Waals surface area (Å²) in [5, 5.41) is 2.88. The van der Waals surface area contributed by atoms with Gasteiger partial charge in [0, 0.05) is 13.1 Å². The highest BCUT2D eigenvalue weighted by Gasteiger charge is 2.24. The quantitative estimate of drug-likeness (QED) is 0.916. The highest BCUT2D eigenvalue weighted by Crippen LogP contribution is 2.30. The van der Waals surface area contributed by atoms with Gasteiger partial charge in [0.25, 0.3) is 5.91 Å². The van der Waals surface area contributed by atoms with Crippen molar-refractivity contribution in [2.45, 2.75) is 13.3 Å². The van der Waals surface area contributed by atoms with E-state index >= 15 is 0 Å². The summed E-state index contributed by atoms with van der Waals surface area (Å²) in [5.41, 5.74) is 2.87. The van der Waals surface area contributed by atoms with Gasteiger partial charge in [0.15, 0.2) is 6.61 Å². The Labute approximate surface area is 141 Å². The third kappa shape index (κ3) is 3.56. The molecular weight excluding hydrogens is 304 g/mol. The maximum atomic E-state index is 12.1. The molecule has 0 saturated carbocycles. The summed E-state index contributed by atoms with van der Waals surface area (Å²) in [6, 6.07) is 15.3. The number of carbonyl (C=O) groups is 2. The van der Waals surface area contributed by atoms with Gasteiger partial charge < -0.3 is 15.0 Å². The van der Waals surface area contributed by atoms with E-state index in [1.165, 1.54) is 0 Å². The molecule has 0 spiro atoms. The van der Waals surface area contributed by atoms with Crippen molar-refractivity contribution < 1.29 is 14.3 Å². The number of amides is 2. The highest BCUT2D eigenvalue weighted by molar-refractivity contribution is 5.97. The molecule has 0 aromatic heterocycles. The SMILES string of the molecule is Cc1ccccc1CC(=O)NCCN1C(=O)COc2ccccc21. The minimum Gasteiger partial charge on any atom is -0.482 e. The molecule has 5 heteroatoms. The van der Waals surface area contributed by atoms with Crippen molar-refractivity contribution in [2.75, 3.05) is 24.6 Å². The summed E-state index contributed by atoms with van der Waals surface area (Å²) in [6.07, 6.45) is 0.348. The molecule has 0 saturated heterocycles. The number of para-hydroxylation sites is 2. The number of anilines is 1. The van der Waals surface area contributed by atoms with Crippen LogP contribution in [0.2, 0.25) is 0 Å². The number of benzene rings is 2. The van der Waals surface area contributed by atoms with Crippen LogP contribution < -0.4 is 15.0 Å². The molecule has 2 amide bonds. The van der Waals surface area contributed by atoms with Gasteiger partial charge in [-0.15, -0.1) is 0 Å². The van der Waals surface area contributed by atoms with Crippen LogP contribution in [-0.2, 0) is 16.0 Å². The van der Waals surface area contributed by atoms with Crippen molar-refractivity contribution in [1.82, 2.24) is 5.32 Å². The zero-order valence-corrected chi connectivity index (χ0v) is 13.6. The van der Waals surface area contributed by atoms with E-state index in [9.17, 15) is 9.59 Å². The third-order valence-electron chi connectivity index (χ3n) is 4.08. The van der Waals surface area contributed by atoms with E-state index in [-0.39, 0.29) is 18.4 Å². The van der Waals surface area contributed by atoms with Crippen molar-refractivity contribution in [2.24, 2.45) is 0 Å². The fourth-order valence-corrected chi connectivity index (χ4v) is 2.75. The predicted octanol–water partition coefficient (Wildman–Crippen LogP) is 2.08. The van der Waals surface area contributed by atoms with Gasteiger partial charge in [-0.1, -0.05) is 36.4 Å². The standard InChI is InChI=1S/C19H20N2O3/c1-14-6-2-3-7-15(14)12-18(22)20-10-11-21-16-8-4-5-9-17(16)24-13-19(21)23/h2-9H,10-13H2,1H3,(H,20,22). The lowest BCUT2D eigenvalue weighted by atomic mass is 10.1. The van der Waals surface area contributed by atoms with Crippen LogP contribution in [0.15, 0.2) is 48.5 Å². The summed E-state index contributed by atoms with van der Waals surface area (Å²) in [6.45, 7) is 2.86. The van der Waals surface area contributed by atoms with Crippen molar-refractivity contribution in [3.05, 3.63) is 59.7 Å². The average Bonchev–Trinajstić information content (AvgIpc) is 2.59. The molecular formula is C19H20N2O3. The van der Waals surface area contributed by atoms with E-state index in [0.29, 0.717) is 25.3 Å². The van der Waals surface area contributed by atoms with E-state index in [0.717, 1.165) is 16.8 Å². The Balaban J connectivity index is 1.56. The van der Waals surface area contributed by atoms with Gasteiger partial charge in [0.2, 0.25) is 5.91 Å². The summed E-state index contributed by atoms with van der Waals surface area (Å²) in [7, 11) is 0. The van der Waals surface area contributed by atoms with Crippen LogP contribution in [0.5, 0.6) is 5.75 Å². The second kappa shape index (κ2) is 7.17. The van der Waals surface area contributed by atoms with Crippen molar-refractivity contribution in [3.63, 3.8) is 0 Å². The number of nitrogens with one attached hydrogen (secondary N) is 1. The van der Waals surface area contributed by atoms with E-state index in [1.807, 2.05) is 55.5 Å². The predicted molar refractivity (Wildman–Crippen MR) is 92.2 cm³/mol. The van der Waals surface area contributed by atoms with Gasteiger partial charge in [-0.2, -0.15) is 0 Å². The molecule has 3 rings (SSSR count). The summed E-state index contributed by atoms with van der Waals surface area (Å²) < 4.78 is 5.41. The van der Waals surface area contributed by atoms with Crippen LogP contribution >= 0.6 is 0 Å². The molecule has 0 bridgehead atoms. The molecule has 0 unspecified atom stereocenters. The monoisotopic (exact) mass is 324 g/mol. The Bertz CT molecular complexity index is 758. The van der Waals surface area contributed by atoms with Crippen LogP contribution in [0.4, 0.5) is 5.69 Å². The molecule has 1 aliphatic heterocycles. The molecule has 124 valence electrons. The Morgan fingerprint density at radius 3 is 2.75 bits per heavy atom. The molecule has 1 aliphatic rings. The Morgan fingerprint density at radius 2 is 1.92 bits per heavy atom. The normalized spacial score (nSPS) is 13.2. The first-order valence-corrected chi connectivity index (χ1v) is 7.98. The Morgan fingerprint density at radius 1 is 1.17 bits per heavy atom. The molecule has 5 nitrogen and oxygen atoms in total. The zero-order valence-electron chi connectivity index (χ0n) is 13.6. The highest BCUT2D eigenvalue weighted by atomic mass is 16.5. The zero-order chi connectivity index (χ0) is 16.9. The third-order valence-corrected chi connectivity index (χ3v) is 4.08. The van der Waals surface area contributed by atoms with Crippen molar-refractivity contribution in [3.8, 4) is 5.75 Å². The van der Waals surface area contributed by atoms with Crippen LogP contribution in [0.3, 0.4) is 0 Å². The fourth-order valence-electron chi connectivity index (χ4n) is 2.75. The van der Waals surface area contributed by atoms with Gasteiger partial charge in [-0.25, -0.2) is 0 Å². The van der Waals surface area contributed by atoms with Gasteiger partial charge in [-0.05, 0) is 30.2 Å². The van der Waals surface area contributed by atoms with Gasteiger partial charge in [-0.3, -0.25) is 9.59 Å². The first-order valence-electron chi connectivity index (χ1n) is 7.98. The molecule has 0 aliphatic carbocycles. The largest absolute Gasteiger partial charge is 0.482 e. The first-order chi connectivity index (χ1) is 11.6. The van der Waals surface area contributed by atoms with E-state index in [4.69, 9.17) is 4.74 Å². The minimum absolute atomic E-state index is 0.0359. The number of aryl methyl sites for hydroxylation is 1. The maximum Gasteiger partial charge on any atom is 0.265 e. The Hall–Kier alpha value is -2.82. The fraction of sp³-hybridized carbons (Fsp3) is 0.263. The van der Waals surface area contributed by atoms with Crippen molar-refractivity contribution in [1.29, 1.82) is 0 Å². The number of hydrogen-bond acceptors (Lipinski definition) is 3. The first kappa shape index (κ1) is 16.1. The molecule has 1 N–H and O–H groups in total. The summed E-state index contributed by atoms with van der Waals surface area (Å²) in [4.78, 5) is 25.8. The smallest absolute Gasteiger partial charge is 0.265 e. The number of fused-ring (bicyclic) bond motifs is 1. The van der Waals surface area contributed by atoms with Crippen molar-refractivity contribution >= 4 is 17.5 Å². The van der Waals surface area contributed by atoms with Crippen LogP contribution in [0.25, 0.3) is 0 Å². The molecule has 0 fully saturated rings. The van der Waals surface area contributed by atoms with Gasteiger partial charge in [0.05, 0.1) is 12.1 Å². The van der Waals surface area contributed by atoms with E-state index in [1.54, 1.807) is 4.90 Å². The van der Waals surface area contributed by atoms with Crippen LogP contribution in [0.1, 0.15) is 11.1 Å². The minimum atomic E-state index is -0.0955. The molecule has 1 heterocycles. The molecule has 0 atom stereocenters. The van der Waals surface area contributed by atoms with Gasteiger partial charge in [0.1, 0.15) is 5.75 Å². The number of hydrogen-bond donors (Lipinski definition) is 1. The topological polar surface area (TPSA) is 58.6 Å². The molecule has 2 aromatic rings. The lowest BCUT2D eigenvalue weighted by Crippen LogP contribution is -2.43. The number of carbonyl (C=O) groups excluding carboxylic acids is 2. The molecule has 0 radical (unpaired) electrons. The van der Waals surface area contributed by atoms with Crippen LogP contribution in [-0.4, -0.2) is 31.5 Å². The number of ether oxygens (including phenoxy) is 1. The van der Waals surface area contributed by atoms with Crippen LogP contribution in [0, 0.1) is 6.92 Å². The number of nitrogens with zero attached hydrogens (tertiary/aromatic N) is 1. The van der Waals surface area contributed by atoms with E-state index < -0.39 is 0 Å². The summed E-state index contributed by atoms with van der Waals surface area (Å²) >= 11 is 0. The maximum absolute atomic E-state index is 12.1. The lowest BCUT2D eigenvalue weighted by molar-refractivity contribution is -0.122. The second-order valence-corrected chi connectivity index (χ2v) is 5.75. The van der Waals surface area contributed by atoms with Gasteiger partial charge >= 0.3 is 0 Å². The second-order valence-electron chi connectivity index (χ2n) is 5.75.